The lowest BCUT2D eigenvalue weighted by Gasteiger charge is -2.11. The summed E-state index contributed by atoms with van der Waals surface area (Å²) in [5.41, 5.74) is 1.05. The van der Waals surface area contributed by atoms with Crippen molar-refractivity contribution >= 4 is 11.0 Å². The van der Waals surface area contributed by atoms with E-state index in [9.17, 15) is 9.59 Å². The van der Waals surface area contributed by atoms with E-state index in [0.717, 1.165) is 18.4 Å². The van der Waals surface area contributed by atoms with Gasteiger partial charge in [0.05, 0.1) is 5.39 Å². The molecule has 2 aromatic heterocycles. The van der Waals surface area contributed by atoms with Crippen molar-refractivity contribution in [3.05, 3.63) is 51.3 Å². The first-order valence-electron chi connectivity index (χ1n) is 8.21. The minimum absolute atomic E-state index is 0.188. The Morgan fingerprint density at radius 1 is 1.20 bits per heavy atom. The van der Waals surface area contributed by atoms with Gasteiger partial charge in [-0.3, -0.25) is 14.3 Å². The maximum absolute atomic E-state index is 12.5. The molecule has 0 saturated carbocycles. The van der Waals surface area contributed by atoms with Crippen LogP contribution in [0.3, 0.4) is 0 Å². The van der Waals surface area contributed by atoms with E-state index in [1.54, 1.807) is 12.3 Å². The van der Waals surface area contributed by atoms with Crippen molar-refractivity contribution in [1.29, 1.82) is 0 Å². The Labute approximate surface area is 142 Å². The van der Waals surface area contributed by atoms with Crippen LogP contribution >= 0.6 is 0 Å². The molecule has 4 rings (SSSR count). The topological polar surface area (TPSA) is 86.2 Å². The van der Waals surface area contributed by atoms with Gasteiger partial charge in [-0.2, -0.15) is 0 Å². The van der Waals surface area contributed by atoms with Gasteiger partial charge in [0.2, 0.25) is 6.79 Å². The van der Waals surface area contributed by atoms with E-state index in [4.69, 9.17) is 9.47 Å². The highest BCUT2D eigenvalue weighted by atomic mass is 16.7. The van der Waals surface area contributed by atoms with Gasteiger partial charge in [0.1, 0.15) is 5.65 Å². The molecule has 7 heteroatoms. The molecule has 0 saturated heterocycles. The summed E-state index contributed by atoms with van der Waals surface area (Å²) < 4.78 is 12.3. The van der Waals surface area contributed by atoms with Gasteiger partial charge in [0.15, 0.2) is 11.5 Å². The molecule has 1 N–H and O–H groups in total. The SMILES string of the molecule is CCCCn1c(=O)[nH]c(=O)c2c(-c3ccc4c(c3)OCO4)ccnc21. The van der Waals surface area contributed by atoms with Gasteiger partial charge in [-0.1, -0.05) is 19.4 Å². The number of nitrogens with one attached hydrogen (secondary N) is 1. The van der Waals surface area contributed by atoms with Gasteiger partial charge < -0.3 is 9.47 Å². The lowest BCUT2D eigenvalue weighted by molar-refractivity contribution is 0.174. The first-order chi connectivity index (χ1) is 12.2. The molecular weight excluding hydrogens is 322 g/mol. The predicted octanol–water partition coefficient (Wildman–Crippen LogP) is 2.28. The van der Waals surface area contributed by atoms with Crippen LogP contribution in [-0.2, 0) is 6.54 Å². The van der Waals surface area contributed by atoms with Gasteiger partial charge >= 0.3 is 5.69 Å². The summed E-state index contributed by atoms with van der Waals surface area (Å²) in [6.45, 7) is 2.75. The molecule has 1 aliphatic rings. The summed E-state index contributed by atoms with van der Waals surface area (Å²) in [6, 6.07) is 7.27. The second-order valence-electron chi connectivity index (χ2n) is 5.89. The second kappa shape index (κ2) is 6.08. The standard InChI is InChI=1S/C18H17N3O4/c1-2-3-8-21-16-15(17(22)20-18(21)23)12(6-7-19-16)11-4-5-13-14(9-11)25-10-24-13/h4-7,9H,2-3,8,10H2,1H3,(H,20,22,23). The lowest BCUT2D eigenvalue weighted by atomic mass is 10.0. The number of nitrogens with zero attached hydrogens (tertiary/aromatic N) is 2. The average molecular weight is 339 g/mol. The van der Waals surface area contributed by atoms with Crippen molar-refractivity contribution in [3.63, 3.8) is 0 Å². The summed E-state index contributed by atoms with van der Waals surface area (Å²) in [5, 5.41) is 0.400. The molecule has 0 bridgehead atoms. The van der Waals surface area contributed by atoms with Crippen LogP contribution in [0.2, 0.25) is 0 Å². The highest BCUT2D eigenvalue weighted by molar-refractivity contribution is 5.92. The van der Waals surface area contributed by atoms with Crippen molar-refractivity contribution in [3.8, 4) is 22.6 Å². The molecule has 0 atom stereocenters. The molecule has 0 radical (unpaired) electrons. The van der Waals surface area contributed by atoms with Gasteiger partial charge in [0.25, 0.3) is 5.56 Å². The fraction of sp³-hybridized carbons (Fsp3) is 0.278. The molecule has 0 fully saturated rings. The predicted molar refractivity (Wildman–Crippen MR) is 93.1 cm³/mol. The molecule has 0 amide bonds. The summed E-state index contributed by atoms with van der Waals surface area (Å²) in [6.07, 6.45) is 3.38. The van der Waals surface area contributed by atoms with E-state index in [2.05, 4.69) is 9.97 Å². The Bertz CT molecular complexity index is 1070. The van der Waals surface area contributed by atoms with Crippen molar-refractivity contribution in [2.45, 2.75) is 26.3 Å². The van der Waals surface area contributed by atoms with Crippen molar-refractivity contribution < 1.29 is 9.47 Å². The molecule has 0 aliphatic carbocycles. The van der Waals surface area contributed by atoms with E-state index >= 15 is 0 Å². The van der Waals surface area contributed by atoms with E-state index < -0.39 is 11.2 Å². The van der Waals surface area contributed by atoms with Crippen LogP contribution in [0.4, 0.5) is 0 Å². The normalized spacial score (nSPS) is 12.7. The zero-order chi connectivity index (χ0) is 17.4. The molecule has 7 nitrogen and oxygen atoms in total. The van der Waals surface area contributed by atoms with Crippen LogP contribution in [0, 0.1) is 0 Å². The van der Waals surface area contributed by atoms with Crippen LogP contribution in [-0.4, -0.2) is 21.3 Å². The number of hydrogen-bond donors (Lipinski definition) is 1. The largest absolute Gasteiger partial charge is 0.454 e. The number of aromatic nitrogens is 3. The third-order valence-electron chi connectivity index (χ3n) is 4.30. The van der Waals surface area contributed by atoms with Crippen LogP contribution < -0.4 is 20.7 Å². The van der Waals surface area contributed by atoms with E-state index in [0.29, 0.717) is 34.6 Å². The molecule has 128 valence electrons. The van der Waals surface area contributed by atoms with Gasteiger partial charge in [-0.05, 0) is 35.7 Å². The van der Waals surface area contributed by atoms with Gasteiger partial charge in [-0.25, -0.2) is 9.78 Å². The Morgan fingerprint density at radius 3 is 2.88 bits per heavy atom. The van der Waals surface area contributed by atoms with E-state index in [1.165, 1.54) is 4.57 Å². The first kappa shape index (κ1) is 15.4. The number of ether oxygens (including phenoxy) is 2. The van der Waals surface area contributed by atoms with Crippen LogP contribution in [0.15, 0.2) is 40.1 Å². The number of benzene rings is 1. The Kier molecular flexibility index (Phi) is 3.76. The third-order valence-corrected chi connectivity index (χ3v) is 4.30. The van der Waals surface area contributed by atoms with Crippen molar-refractivity contribution in [1.82, 2.24) is 14.5 Å². The minimum Gasteiger partial charge on any atom is -0.454 e. The zero-order valence-corrected chi connectivity index (χ0v) is 13.7. The van der Waals surface area contributed by atoms with Crippen LogP contribution in [0.25, 0.3) is 22.2 Å². The molecule has 25 heavy (non-hydrogen) atoms. The Hall–Kier alpha value is -3.09. The second-order valence-corrected chi connectivity index (χ2v) is 5.89. The number of hydrogen-bond acceptors (Lipinski definition) is 5. The Balaban J connectivity index is 1.96. The Morgan fingerprint density at radius 2 is 2.04 bits per heavy atom. The fourth-order valence-corrected chi connectivity index (χ4v) is 3.03. The quantitative estimate of drug-likeness (QED) is 0.788. The fourth-order valence-electron chi connectivity index (χ4n) is 3.03. The smallest absolute Gasteiger partial charge is 0.329 e. The molecule has 0 unspecified atom stereocenters. The van der Waals surface area contributed by atoms with Crippen LogP contribution in [0.5, 0.6) is 11.5 Å². The number of H-pyrrole nitrogens is 1. The minimum atomic E-state index is -0.437. The third kappa shape index (κ3) is 2.57. The van der Waals surface area contributed by atoms with Gasteiger partial charge in [-0.15, -0.1) is 0 Å². The number of rotatable bonds is 4. The molecule has 1 aliphatic heterocycles. The first-order valence-corrected chi connectivity index (χ1v) is 8.21. The molecular formula is C18H17N3O4. The summed E-state index contributed by atoms with van der Waals surface area (Å²) in [7, 11) is 0. The summed E-state index contributed by atoms with van der Waals surface area (Å²) in [5.74, 6) is 1.31. The molecule has 3 heterocycles. The number of aryl methyl sites for hydroxylation is 1. The molecule has 0 spiro atoms. The lowest BCUT2D eigenvalue weighted by Crippen LogP contribution is -2.31. The number of unbranched alkanes of at least 4 members (excludes halogenated alkanes) is 1. The highest BCUT2D eigenvalue weighted by Crippen LogP contribution is 2.36. The maximum Gasteiger partial charge on any atom is 0.329 e. The maximum atomic E-state index is 12.5. The number of pyridine rings is 1. The monoisotopic (exact) mass is 339 g/mol. The summed E-state index contributed by atoms with van der Waals surface area (Å²) in [4.78, 5) is 31.4. The number of aromatic amines is 1. The molecule has 3 aromatic rings. The highest BCUT2D eigenvalue weighted by Gasteiger charge is 2.17. The average Bonchev–Trinajstić information content (AvgIpc) is 3.08. The van der Waals surface area contributed by atoms with E-state index in [1.807, 2.05) is 25.1 Å². The summed E-state index contributed by atoms with van der Waals surface area (Å²) >= 11 is 0. The zero-order valence-electron chi connectivity index (χ0n) is 13.7. The van der Waals surface area contributed by atoms with E-state index in [-0.39, 0.29) is 6.79 Å². The van der Waals surface area contributed by atoms with Crippen molar-refractivity contribution in [2.24, 2.45) is 0 Å². The molecule has 1 aromatic carbocycles. The van der Waals surface area contributed by atoms with Gasteiger partial charge in [0, 0.05) is 12.7 Å². The van der Waals surface area contributed by atoms with Crippen molar-refractivity contribution in [2.75, 3.05) is 6.79 Å². The number of fused-ring (bicyclic) bond motifs is 2. The van der Waals surface area contributed by atoms with Crippen LogP contribution in [0.1, 0.15) is 19.8 Å².